The van der Waals surface area contributed by atoms with Crippen LogP contribution in [0, 0.1) is 5.41 Å². The molecule has 1 unspecified atom stereocenters. The number of nitrogens with zero attached hydrogens (tertiary/aromatic N) is 3. The molecule has 2 heterocycles. The monoisotopic (exact) mass is 457 g/mol. The van der Waals surface area contributed by atoms with E-state index in [-0.39, 0.29) is 11.5 Å². The lowest BCUT2D eigenvalue weighted by atomic mass is 9.78. The zero-order valence-corrected chi connectivity index (χ0v) is 20.8. The average Bonchev–Trinajstić information content (AvgIpc) is 3.06. The normalized spacial score (nSPS) is 29.2. The van der Waals surface area contributed by atoms with Gasteiger partial charge in [0.2, 0.25) is 6.42 Å². The number of piperidine rings is 1. The number of allylic oxidation sites excluding steroid dienone is 2. The van der Waals surface area contributed by atoms with Crippen LogP contribution in [0.2, 0.25) is 0 Å². The predicted molar refractivity (Wildman–Crippen MR) is 134 cm³/mol. The van der Waals surface area contributed by atoms with Gasteiger partial charge in [0.15, 0.2) is 0 Å². The van der Waals surface area contributed by atoms with Crippen LogP contribution in [0.4, 0.5) is 5.69 Å². The number of likely N-dealkylation sites (tertiary alicyclic amines) is 1. The number of anilines is 1. The molecule has 1 aromatic carbocycles. The van der Waals surface area contributed by atoms with E-state index in [1.54, 1.807) is 0 Å². The Morgan fingerprint density at radius 1 is 0.968 bits per heavy atom. The van der Waals surface area contributed by atoms with Crippen LogP contribution in [0.15, 0.2) is 46.4 Å². The first-order valence-corrected chi connectivity index (χ1v) is 14.8. The van der Waals surface area contributed by atoms with Crippen molar-refractivity contribution >= 4 is 29.6 Å². The molecule has 31 heavy (non-hydrogen) atoms. The van der Waals surface area contributed by atoms with Gasteiger partial charge < -0.3 is 9.42 Å². The number of hydrogen-bond acceptors (Lipinski definition) is 4. The van der Waals surface area contributed by atoms with Crippen molar-refractivity contribution in [3.63, 3.8) is 0 Å². The van der Waals surface area contributed by atoms with E-state index in [2.05, 4.69) is 53.9 Å². The van der Waals surface area contributed by atoms with E-state index in [4.69, 9.17) is 21.4 Å². The molecule has 0 spiro atoms. The topological polar surface area (TPSA) is 28.1 Å². The number of rotatable bonds is 4. The van der Waals surface area contributed by atoms with Gasteiger partial charge in [-0.2, -0.15) is 5.10 Å². The molecule has 4 nitrogen and oxygen atoms in total. The van der Waals surface area contributed by atoms with Crippen molar-refractivity contribution in [3.8, 4) is 0 Å². The summed E-state index contributed by atoms with van der Waals surface area (Å²) < 4.78 is 9.15. The van der Waals surface area contributed by atoms with Gasteiger partial charge in [-0.1, -0.05) is 51.3 Å². The van der Waals surface area contributed by atoms with Gasteiger partial charge in [0.1, 0.15) is 0 Å². The molecule has 2 aliphatic carbocycles. The van der Waals surface area contributed by atoms with Crippen LogP contribution in [0.25, 0.3) is 0 Å². The van der Waals surface area contributed by atoms with E-state index in [1.165, 1.54) is 55.2 Å². The van der Waals surface area contributed by atoms with Crippen LogP contribution in [-0.4, -0.2) is 29.8 Å². The fourth-order valence-corrected chi connectivity index (χ4v) is 9.69. The first-order chi connectivity index (χ1) is 15.0. The molecule has 0 radical (unpaired) electrons. The first-order valence-electron chi connectivity index (χ1n) is 12.2. The maximum atomic E-state index is 7.02. The van der Waals surface area contributed by atoms with E-state index in [9.17, 15) is 0 Å². The van der Waals surface area contributed by atoms with E-state index in [0.717, 1.165) is 44.5 Å². The highest BCUT2D eigenvalue weighted by atomic mass is 32.4. The smallest absolute Gasteiger partial charge is 0.210 e. The summed E-state index contributed by atoms with van der Waals surface area (Å²) in [6.45, 7) is 7.05. The second-order valence-electron chi connectivity index (χ2n) is 10.4. The summed E-state index contributed by atoms with van der Waals surface area (Å²) in [6, 6.07) is 10.5. The van der Waals surface area contributed by atoms with Gasteiger partial charge >= 0.3 is 0 Å². The van der Waals surface area contributed by atoms with Crippen molar-refractivity contribution < 1.29 is 4.52 Å². The molecule has 1 aromatic rings. The number of hydrazone groups is 1. The quantitative estimate of drug-likeness (QED) is 0.453. The SMILES string of the molecule is CC1(C)CC2=NN(c3ccccc3)P(=S)(OC3CCCCC3)C2=C(N2CCCCC2)C1. The maximum absolute atomic E-state index is 7.02. The lowest BCUT2D eigenvalue weighted by Crippen LogP contribution is -2.36. The van der Waals surface area contributed by atoms with Crippen molar-refractivity contribution in [1.82, 2.24) is 4.90 Å². The molecule has 4 aliphatic rings. The van der Waals surface area contributed by atoms with Crippen molar-refractivity contribution in [2.24, 2.45) is 10.5 Å². The molecule has 0 aromatic heterocycles. The van der Waals surface area contributed by atoms with Crippen molar-refractivity contribution in [1.29, 1.82) is 0 Å². The molecule has 1 saturated carbocycles. The van der Waals surface area contributed by atoms with Crippen LogP contribution < -0.4 is 4.78 Å². The maximum Gasteiger partial charge on any atom is 0.210 e. The highest BCUT2D eigenvalue weighted by molar-refractivity contribution is 8.15. The van der Waals surface area contributed by atoms with Crippen molar-refractivity contribution in [2.45, 2.75) is 84.2 Å². The Hall–Kier alpha value is -1.16. The summed E-state index contributed by atoms with van der Waals surface area (Å²) in [7, 11) is 0. The van der Waals surface area contributed by atoms with Gasteiger partial charge in [-0.05, 0) is 74.3 Å². The molecule has 0 N–H and O–H groups in total. The van der Waals surface area contributed by atoms with E-state index in [0.29, 0.717) is 0 Å². The Morgan fingerprint density at radius 3 is 2.35 bits per heavy atom. The number of hydrogen-bond donors (Lipinski definition) is 0. The minimum atomic E-state index is -2.48. The molecule has 0 bridgehead atoms. The van der Waals surface area contributed by atoms with Crippen molar-refractivity contribution in [2.75, 3.05) is 17.9 Å². The molecular weight excluding hydrogens is 421 g/mol. The third-order valence-electron chi connectivity index (χ3n) is 7.16. The first kappa shape index (κ1) is 21.7. The van der Waals surface area contributed by atoms with Crippen LogP contribution in [0.5, 0.6) is 0 Å². The largest absolute Gasteiger partial charge is 0.374 e. The van der Waals surface area contributed by atoms with Gasteiger partial charge in [-0.3, -0.25) is 0 Å². The Balaban J connectivity index is 1.62. The molecule has 168 valence electrons. The highest BCUT2D eigenvalue weighted by Crippen LogP contribution is 2.69. The second-order valence-corrected chi connectivity index (χ2v) is 14.0. The van der Waals surface area contributed by atoms with Gasteiger partial charge in [0.05, 0.1) is 22.8 Å². The molecule has 2 fully saturated rings. The highest BCUT2D eigenvalue weighted by Gasteiger charge is 2.49. The molecule has 1 atom stereocenters. The molecular formula is C25H36N3OPS. The zero-order chi connectivity index (χ0) is 21.5. The molecule has 5 rings (SSSR count). The minimum Gasteiger partial charge on any atom is -0.374 e. The van der Waals surface area contributed by atoms with Crippen LogP contribution in [0.3, 0.4) is 0 Å². The van der Waals surface area contributed by atoms with Gasteiger partial charge in [0.25, 0.3) is 0 Å². The van der Waals surface area contributed by atoms with E-state index >= 15 is 0 Å². The number of benzene rings is 1. The Labute approximate surface area is 192 Å². The summed E-state index contributed by atoms with van der Waals surface area (Å²) >= 11 is 6.59. The number of para-hydroxylation sites is 1. The molecule has 0 amide bonds. The summed E-state index contributed by atoms with van der Waals surface area (Å²) in [5, 5.41) is 6.53. The molecule has 1 saturated heterocycles. The summed E-state index contributed by atoms with van der Waals surface area (Å²) in [4.78, 5) is 2.63. The minimum absolute atomic E-state index is 0.201. The second kappa shape index (κ2) is 8.65. The summed E-state index contributed by atoms with van der Waals surface area (Å²) in [5.74, 6) is 0. The van der Waals surface area contributed by atoms with Gasteiger partial charge in [-0.25, -0.2) is 4.78 Å². The third-order valence-corrected chi connectivity index (χ3v) is 10.9. The van der Waals surface area contributed by atoms with Crippen LogP contribution >= 0.6 is 6.42 Å². The molecule has 6 heteroatoms. The summed E-state index contributed by atoms with van der Waals surface area (Å²) in [6.07, 6.45) is 9.84. The Kier molecular flexibility index (Phi) is 6.05. The van der Waals surface area contributed by atoms with E-state index in [1.807, 2.05) is 0 Å². The van der Waals surface area contributed by atoms with Gasteiger partial charge in [0, 0.05) is 18.8 Å². The van der Waals surface area contributed by atoms with E-state index < -0.39 is 6.42 Å². The standard InChI is InChI=1S/C25H36N3OPS/c1-25(2)18-22-24(23(19-25)27-16-10-5-11-17-27)30(31,29-21-14-8-4-9-15-21)28(26-22)20-12-6-3-7-13-20/h3,6-7,12-13,21H,4-5,8-11,14-19H2,1-2H3. The molecule has 2 aliphatic heterocycles. The van der Waals surface area contributed by atoms with Crippen molar-refractivity contribution in [3.05, 3.63) is 41.3 Å². The number of fused-ring (bicyclic) bond motifs is 1. The summed E-state index contributed by atoms with van der Waals surface area (Å²) in [5.41, 5.74) is 3.92. The zero-order valence-electron chi connectivity index (χ0n) is 19.1. The fraction of sp³-hybridized carbons (Fsp3) is 0.640. The lowest BCUT2D eigenvalue weighted by Gasteiger charge is -2.42. The fourth-order valence-electron chi connectivity index (χ4n) is 5.65. The lowest BCUT2D eigenvalue weighted by molar-refractivity contribution is 0.172. The van der Waals surface area contributed by atoms with Gasteiger partial charge in [-0.15, -0.1) is 0 Å². The Morgan fingerprint density at radius 2 is 1.65 bits per heavy atom. The van der Waals surface area contributed by atoms with Crippen LogP contribution in [-0.2, 0) is 16.3 Å². The average molecular weight is 458 g/mol. The van der Waals surface area contributed by atoms with Crippen LogP contribution in [0.1, 0.15) is 78.1 Å². The third kappa shape index (κ3) is 4.26. The predicted octanol–water partition coefficient (Wildman–Crippen LogP) is 7.04. The Bertz CT molecular complexity index is 914.